The first kappa shape index (κ1) is 12.9. The molecule has 0 saturated carbocycles. The maximum atomic E-state index is 11.2. The molecule has 0 spiro atoms. The van der Waals surface area contributed by atoms with E-state index in [9.17, 15) is 9.90 Å². The molecule has 20 heavy (non-hydrogen) atoms. The van der Waals surface area contributed by atoms with Gasteiger partial charge in [-0.25, -0.2) is 9.97 Å². The highest BCUT2D eigenvalue weighted by Crippen LogP contribution is 2.28. The van der Waals surface area contributed by atoms with Gasteiger partial charge in [0.1, 0.15) is 17.3 Å². The molecular formula is C14H18N4O2. The van der Waals surface area contributed by atoms with Crippen LogP contribution in [0.1, 0.15) is 24.4 Å². The van der Waals surface area contributed by atoms with Crippen molar-refractivity contribution >= 4 is 22.8 Å². The minimum absolute atomic E-state index is 0.311. The molecule has 0 amide bonds. The Balaban J connectivity index is 2.02. The topological polar surface area (TPSA) is 82.1 Å². The molecule has 1 unspecified atom stereocenters. The summed E-state index contributed by atoms with van der Waals surface area (Å²) in [5.41, 5.74) is 1.86. The number of H-pyrrole nitrogens is 1. The van der Waals surface area contributed by atoms with Crippen molar-refractivity contribution in [3.63, 3.8) is 0 Å². The van der Waals surface area contributed by atoms with Crippen LogP contribution in [-0.2, 0) is 4.79 Å². The number of rotatable bonds is 2. The number of hydrogen-bond acceptors (Lipinski definition) is 4. The quantitative estimate of drug-likeness (QED) is 0.873. The summed E-state index contributed by atoms with van der Waals surface area (Å²) in [7, 11) is 0. The molecule has 1 atom stereocenters. The lowest BCUT2D eigenvalue weighted by molar-refractivity contribution is -0.141. The van der Waals surface area contributed by atoms with Gasteiger partial charge in [-0.3, -0.25) is 4.79 Å². The summed E-state index contributed by atoms with van der Waals surface area (Å²) in [4.78, 5) is 25.4. The van der Waals surface area contributed by atoms with Crippen molar-refractivity contribution in [3.05, 3.63) is 17.6 Å². The molecule has 1 aliphatic rings. The molecule has 6 heteroatoms. The van der Waals surface area contributed by atoms with Crippen LogP contribution in [0.5, 0.6) is 0 Å². The highest BCUT2D eigenvalue weighted by molar-refractivity contribution is 5.88. The lowest BCUT2D eigenvalue weighted by Crippen LogP contribution is -2.39. The summed E-state index contributed by atoms with van der Waals surface area (Å²) in [6.45, 7) is 5.21. The number of anilines is 1. The van der Waals surface area contributed by atoms with Crippen LogP contribution in [0.15, 0.2) is 6.07 Å². The molecule has 2 aromatic heterocycles. The monoisotopic (exact) mass is 274 g/mol. The molecule has 3 heterocycles. The van der Waals surface area contributed by atoms with Gasteiger partial charge in [-0.05, 0) is 32.8 Å². The Morgan fingerprint density at radius 3 is 3.00 bits per heavy atom. The zero-order valence-electron chi connectivity index (χ0n) is 11.7. The third-order valence-electron chi connectivity index (χ3n) is 3.78. The van der Waals surface area contributed by atoms with Crippen molar-refractivity contribution in [2.24, 2.45) is 5.92 Å². The van der Waals surface area contributed by atoms with Crippen LogP contribution in [-0.4, -0.2) is 39.1 Å². The Morgan fingerprint density at radius 2 is 2.25 bits per heavy atom. The summed E-state index contributed by atoms with van der Waals surface area (Å²) in [6, 6.07) is 2.02. The third kappa shape index (κ3) is 2.21. The van der Waals surface area contributed by atoms with Gasteiger partial charge < -0.3 is 15.0 Å². The molecule has 6 nitrogen and oxygen atoms in total. The molecule has 1 fully saturated rings. The zero-order valence-corrected chi connectivity index (χ0v) is 11.7. The lowest BCUT2D eigenvalue weighted by Gasteiger charge is -2.32. The van der Waals surface area contributed by atoms with E-state index < -0.39 is 5.97 Å². The van der Waals surface area contributed by atoms with Crippen molar-refractivity contribution < 1.29 is 9.90 Å². The van der Waals surface area contributed by atoms with Crippen molar-refractivity contribution in [3.8, 4) is 0 Å². The lowest BCUT2D eigenvalue weighted by atomic mass is 9.98. The first-order valence-electron chi connectivity index (χ1n) is 6.86. The largest absolute Gasteiger partial charge is 0.481 e. The van der Waals surface area contributed by atoms with E-state index in [-0.39, 0.29) is 5.92 Å². The molecule has 0 aromatic carbocycles. The summed E-state index contributed by atoms with van der Waals surface area (Å²) >= 11 is 0. The van der Waals surface area contributed by atoms with Gasteiger partial charge in [0.05, 0.1) is 11.3 Å². The molecule has 106 valence electrons. The van der Waals surface area contributed by atoms with Gasteiger partial charge >= 0.3 is 5.97 Å². The highest BCUT2D eigenvalue weighted by atomic mass is 16.4. The first-order valence-corrected chi connectivity index (χ1v) is 6.86. The number of nitrogens with zero attached hydrogens (tertiary/aromatic N) is 3. The van der Waals surface area contributed by atoms with E-state index >= 15 is 0 Å². The Hall–Kier alpha value is -2.11. The van der Waals surface area contributed by atoms with Crippen LogP contribution >= 0.6 is 0 Å². The van der Waals surface area contributed by atoms with Crippen LogP contribution in [0.2, 0.25) is 0 Å². The van der Waals surface area contributed by atoms with Gasteiger partial charge in [0.25, 0.3) is 0 Å². The van der Waals surface area contributed by atoms with Crippen molar-refractivity contribution in [1.82, 2.24) is 15.0 Å². The Kier molecular flexibility index (Phi) is 3.08. The summed E-state index contributed by atoms with van der Waals surface area (Å²) in [5, 5.41) is 10.2. The number of carboxylic acids is 1. The van der Waals surface area contributed by atoms with Crippen LogP contribution in [0, 0.1) is 19.8 Å². The van der Waals surface area contributed by atoms with Gasteiger partial charge in [-0.15, -0.1) is 0 Å². The van der Waals surface area contributed by atoms with E-state index in [0.29, 0.717) is 12.4 Å². The van der Waals surface area contributed by atoms with E-state index in [0.717, 1.165) is 41.9 Å². The molecule has 1 saturated heterocycles. The van der Waals surface area contributed by atoms with Gasteiger partial charge in [0.15, 0.2) is 0 Å². The number of carboxylic acid groups (broad SMARTS) is 1. The van der Waals surface area contributed by atoms with Crippen LogP contribution in [0.25, 0.3) is 11.0 Å². The van der Waals surface area contributed by atoms with E-state index in [4.69, 9.17) is 0 Å². The molecule has 0 radical (unpaired) electrons. The van der Waals surface area contributed by atoms with Crippen molar-refractivity contribution in [1.29, 1.82) is 0 Å². The zero-order chi connectivity index (χ0) is 14.3. The fourth-order valence-corrected chi connectivity index (χ4v) is 2.85. The fourth-order valence-electron chi connectivity index (χ4n) is 2.85. The number of aryl methyl sites for hydroxylation is 2. The number of fused-ring (bicyclic) bond motifs is 1. The number of hydrogen-bond donors (Lipinski definition) is 2. The third-order valence-corrected chi connectivity index (χ3v) is 3.78. The van der Waals surface area contributed by atoms with Gasteiger partial charge in [0, 0.05) is 18.8 Å². The number of piperidine rings is 1. The van der Waals surface area contributed by atoms with Crippen molar-refractivity contribution in [2.75, 3.05) is 18.0 Å². The average Bonchev–Trinajstić information content (AvgIpc) is 2.78. The van der Waals surface area contributed by atoms with Gasteiger partial charge in [0.2, 0.25) is 0 Å². The Bertz CT molecular complexity index is 664. The van der Waals surface area contributed by atoms with Crippen LogP contribution < -0.4 is 4.90 Å². The second-order valence-corrected chi connectivity index (χ2v) is 5.43. The molecular weight excluding hydrogens is 256 g/mol. The maximum absolute atomic E-state index is 11.2. The molecule has 0 aliphatic carbocycles. The standard InChI is InChI=1S/C14H18N4O2/c1-8-6-11-12(15-8)16-9(2)17-13(11)18-5-3-4-10(7-18)14(19)20/h6,10H,3-5,7H2,1-2H3,(H,19,20)(H,15,16,17). The molecule has 0 bridgehead atoms. The smallest absolute Gasteiger partial charge is 0.308 e. The fraction of sp³-hybridized carbons (Fsp3) is 0.500. The van der Waals surface area contributed by atoms with E-state index in [1.165, 1.54) is 0 Å². The average molecular weight is 274 g/mol. The normalized spacial score (nSPS) is 19.5. The van der Waals surface area contributed by atoms with E-state index in [1.54, 1.807) is 0 Å². The predicted molar refractivity (Wildman–Crippen MR) is 75.9 cm³/mol. The van der Waals surface area contributed by atoms with Gasteiger partial charge in [-0.1, -0.05) is 0 Å². The molecule has 1 aliphatic heterocycles. The maximum Gasteiger partial charge on any atom is 0.308 e. The van der Waals surface area contributed by atoms with Crippen LogP contribution in [0.4, 0.5) is 5.82 Å². The number of aliphatic carboxylic acids is 1. The number of carbonyl (C=O) groups is 1. The van der Waals surface area contributed by atoms with E-state index in [1.807, 2.05) is 19.9 Å². The first-order chi connectivity index (χ1) is 9.54. The summed E-state index contributed by atoms with van der Waals surface area (Å²) in [5.74, 6) is 0.519. The summed E-state index contributed by atoms with van der Waals surface area (Å²) < 4.78 is 0. The van der Waals surface area contributed by atoms with Gasteiger partial charge in [-0.2, -0.15) is 0 Å². The summed E-state index contributed by atoms with van der Waals surface area (Å²) in [6.07, 6.45) is 1.62. The minimum Gasteiger partial charge on any atom is -0.481 e. The number of nitrogens with one attached hydrogen (secondary N) is 1. The van der Waals surface area contributed by atoms with Crippen molar-refractivity contribution in [2.45, 2.75) is 26.7 Å². The Morgan fingerprint density at radius 1 is 1.45 bits per heavy atom. The second-order valence-electron chi connectivity index (χ2n) is 5.43. The molecule has 2 N–H and O–H groups in total. The molecule has 2 aromatic rings. The SMILES string of the molecule is Cc1nc(N2CCCC(C(=O)O)C2)c2cc(C)[nH]c2n1. The minimum atomic E-state index is -0.720. The second kappa shape index (κ2) is 4.77. The number of aromatic nitrogens is 3. The van der Waals surface area contributed by atoms with Crippen LogP contribution in [0.3, 0.4) is 0 Å². The number of aromatic amines is 1. The highest BCUT2D eigenvalue weighted by Gasteiger charge is 2.27. The predicted octanol–water partition coefficient (Wildman–Crippen LogP) is 1.88. The van der Waals surface area contributed by atoms with E-state index in [2.05, 4.69) is 19.9 Å². The molecule has 3 rings (SSSR count). The Labute approximate surface area is 116 Å².